The highest BCUT2D eigenvalue weighted by molar-refractivity contribution is 7.92. The van der Waals surface area contributed by atoms with Crippen molar-refractivity contribution in [3.63, 3.8) is 0 Å². The van der Waals surface area contributed by atoms with Crippen molar-refractivity contribution >= 4 is 21.5 Å². The highest BCUT2D eigenvalue weighted by Gasteiger charge is 2.15. The molecule has 106 valence electrons. The topological polar surface area (TPSA) is 105 Å². The van der Waals surface area contributed by atoms with Gasteiger partial charge in [-0.15, -0.1) is 0 Å². The van der Waals surface area contributed by atoms with Gasteiger partial charge in [-0.3, -0.25) is 10.1 Å². The van der Waals surface area contributed by atoms with Crippen LogP contribution in [0.5, 0.6) is 0 Å². The smallest absolute Gasteiger partial charge is 0.235 e. The molecular weight excluding hydrogens is 266 g/mol. The number of nitrogen functional groups attached to an aromatic ring is 1. The number of aryl methyl sites for hydroxylation is 1. The Balaban J connectivity index is 2.93. The fourth-order valence-corrected chi connectivity index (χ4v) is 2.59. The minimum absolute atomic E-state index is 0.132. The summed E-state index contributed by atoms with van der Waals surface area (Å²) in [6, 6.07) is 5.07. The molecule has 0 aliphatic heterocycles. The van der Waals surface area contributed by atoms with Crippen LogP contribution in [0.3, 0.4) is 0 Å². The molecule has 0 spiro atoms. The molecule has 6 nitrogen and oxygen atoms in total. The molecule has 0 aliphatic carbocycles. The molecule has 0 radical (unpaired) electrons. The third-order valence-electron chi connectivity index (χ3n) is 2.51. The third-order valence-corrected chi connectivity index (χ3v) is 3.74. The molecule has 1 aromatic rings. The first-order valence-electron chi connectivity index (χ1n) is 5.89. The molecule has 0 saturated heterocycles. The van der Waals surface area contributed by atoms with Crippen LogP contribution in [0, 0.1) is 12.3 Å². The molecule has 19 heavy (non-hydrogen) atoms. The zero-order valence-electron chi connectivity index (χ0n) is 11.1. The van der Waals surface area contributed by atoms with Gasteiger partial charge >= 0.3 is 0 Å². The number of anilines is 1. The summed E-state index contributed by atoms with van der Waals surface area (Å²) in [5.41, 5.74) is 6.96. The lowest BCUT2D eigenvalue weighted by atomic mass is 10.1. The standard InChI is InChI=1S/C12H19N3O3S/c1-3-18-7-8-19(16,17)15-10-6-4-5-9(2)11(10)12(13)14/h4-6,15H,3,7-8H2,1-2H3,(H3,13,14). The molecule has 0 atom stereocenters. The quantitative estimate of drug-likeness (QED) is 0.395. The third kappa shape index (κ3) is 4.53. The maximum absolute atomic E-state index is 11.9. The number of sulfonamides is 1. The Bertz CT molecular complexity index is 555. The lowest BCUT2D eigenvalue weighted by Crippen LogP contribution is -2.23. The van der Waals surface area contributed by atoms with E-state index < -0.39 is 10.0 Å². The van der Waals surface area contributed by atoms with Gasteiger partial charge in [0.15, 0.2) is 0 Å². The second-order valence-electron chi connectivity index (χ2n) is 4.03. The molecule has 1 rings (SSSR count). The van der Waals surface area contributed by atoms with Gasteiger partial charge in [-0.2, -0.15) is 0 Å². The Morgan fingerprint density at radius 1 is 1.47 bits per heavy atom. The molecule has 0 heterocycles. The van der Waals surface area contributed by atoms with Crippen molar-refractivity contribution < 1.29 is 13.2 Å². The maximum Gasteiger partial charge on any atom is 0.235 e. The van der Waals surface area contributed by atoms with Gasteiger partial charge in [-0.25, -0.2) is 8.42 Å². The number of hydrogen-bond acceptors (Lipinski definition) is 4. The summed E-state index contributed by atoms with van der Waals surface area (Å²) in [4.78, 5) is 0. The van der Waals surface area contributed by atoms with Crippen LogP contribution >= 0.6 is 0 Å². The second-order valence-corrected chi connectivity index (χ2v) is 5.87. The number of benzene rings is 1. The van der Waals surface area contributed by atoms with E-state index in [0.29, 0.717) is 17.9 Å². The highest BCUT2D eigenvalue weighted by atomic mass is 32.2. The van der Waals surface area contributed by atoms with Crippen molar-refractivity contribution in [1.29, 1.82) is 5.41 Å². The van der Waals surface area contributed by atoms with Gasteiger partial charge < -0.3 is 10.5 Å². The highest BCUT2D eigenvalue weighted by Crippen LogP contribution is 2.20. The zero-order valence-corrected chi connectivity index (χ0v) is 11.9. The molecule has 4 N–H and O–H groups in total. The number of amidine groups is 1. The number of nitrogens with two attached hydrogens (primary N) is 1. The fraction of sp³-hybridized carbons (Fsp3) is 0.417. The van der Waals surface area contributed by atoms with Gasteiger partial charge in [0.05, 0.1) is 18.0 Å². The van der Waals surface area contributed by atoms with E-state index in [1.807, 2.05) is 0 Å². The summed E-state index contributed by atoms with van der Waals surface area (Å²) in [5, 5.41) is 7.51. The SMILES string of the molecule is CCOCCS(=O)(=O)Nc1cccc(C)c1C(=N)N. The van der Waals surface area contributed by atoms with Crippen LogP contribution in [0.1, 0.15) is 18.1 Å². The maximum atomic E-state index is 11.9. The summed E-state index contributed by atoms with van der Waals surface area (Å²) < 4.78 is 31.2. The van der Waals surface area contributed by atoms with Crippen molar-refractivity contribution in [3.05, 3.63) is 29.3 Å². The summed E-state index contributed by atoms with van der Waals surface area (Å²) >= 11 is 0. The van der Waals surface area contributed by atoms with Crippen molar-refractivity contribution in [3.8, 4) is 0 Å². The Hall–Kier alpha value is -1.60. The van der Waals surface area contributed by atoms with Crippen molar-refractivity contribution in [2.24, 2.45) is 5.73 Å². The first-order chi connectivity index (χ1) is 8.87. The number of nitrogens with one attached hydrogen (secondary N) is 2. The summed E-state index contributed by atoms with van der Waals surface area (Å²) in [5.74, 6) is -0.299. The second kappa shape index (κ2) is 6.53. The normalized spacial score (nSPS) is 11.3. The van der Waals surface area contributed by atoms with Gasteiger partial charge in [-0.1, -0.05) is 12.1 Å². The number of rotatable bonds is 7. The van der Waals surface area contributed by atoms with Gasteiger partial charge in [0.2, 0.25) is 10.0 Å². The molecule has 0 unspecified atom stereocenters. The summed E-state index contributed by atoms with van der Waals surface area (Å²) in [6.07, 6.45) is 0. The Morgan fingerprint density at radius 3 is 2.74 bits per heavy atom. The van der Waals surface area contributed by atoms with Crippen LogP contribution < -0.4 is 10.5 Å². The molecule has 7 heteroatoms. The fourth-order valence-electron chi connectivity index (χ4n) is 1.64. The molecule has 0 aliphatic rings. The van der Waals surface area contributed by atoms with E-state index in [2.05, 4.69) is 4.72 Å². The number of ether oxygens (including phenoxy) is 1. The van der Waals surface area contributed by atoms with Crippen LogP contribution in [-0.2, 0) is 14.8 Å². The monoisotopic (exact) mass is 285 g/mol. The first kappa shape index (κ1) is 15.5. The molecule has 0 saturated carbocycles. The van der Waals surface area contributed by atoms with E-state index in [9.17, 15) is 8.42 Å². The average molecular weight is 285 g/mol. The van der Waals surface area contributed by atoms with E-state index in [1.165, 1.54) is 0 Å². The summed E-state index contributed by atoms with van der Waals surface area (Å²) in [6.45, 7) is 4.18. The van der Waals surface area contributed by atoms with Gasteiger partial charge in [-0.05, 0) is 25.5 Å². The first-order valence-corrected chi connectivity index (χ1v) is 7.55. The van der Waals surface area contributed by atoms with E-state index in [4.69, 9.17) is 15.9 Å². The van der Waals surface area contributed by atoms with Crippen molar-refractivity contribution in [2.45, 2.75) is 13.8 Å². The van der Waals surface area contributed by atoms with Crippen LogP contribution in [0.2, 0.25) is 0 Å². The molecule has 1 aromatic carbocycles. The Morgan fingerprint density at radius 2 is 2.16 bits per heavy atom. The molecule has 0 amide bonds. The van der Waals surface area contributed by atoms with Gasteiger partial charge in [0, 0.05) is 12.2 Å². The van der Waals surface area contributed by atoms with Crippen LogP contribution in [0.15, 0.2) is 18.2 Å². The van der Waals surface area contributed by atoms with E-state index in [1.54, 1.807) is 32.0 Å². The lowest BCUT2D eigenvalue weighted by Gasteiger charge is -2.13. The predicted molar refractivity (Wildman–Crippen MR) is 76.1 cm³/mol. The Kier molecular flexibility index (Phi) is 5.31. The number of hydrogen-bond donors (Lipinski definition) is 3. The van der Waals surface area contributed by atoms with E-state index in [0.717, 1.165) is 5.56 Å². The predicted octanol–water partition coefficient (Wildman–Crippen LogP) is 1.06. The molecule has 0 aromatic heterocycles. The van der Waals surface area contributed by atoms with E-state index >= 15 is 0 Å². The van der Waals surface area contributed by atoms with Gasteiger partial charge in [0.25, 0.3) is 0 Å². The minimum atomic E-state index is -3.51. The van der Waals surface area contributed by atoms with Crippen LogP contribution in [-0.4, -0.2) is 33.2 Å². The van der Waals surface area contributed by atoms with Crippen molar-refractivity contribution in [2.75, 3.05) is 23.7 Å². The zero-order chi connectivity index (χ0) is 14.5. The van der Waals surface area contributed by atoms with Crippen molar-refractivity contribution in [1.82, 2.24) is 0 Å². The lowest BCUT2D eigenvalue weighted by molar-refractivity contribution is 0.163. The molecule has 0 fully saturated rings. The van der Waals surface area contributed by atoms with Crippen LogP contribution in [0.4, 0.5) is 5.69 Å². The minimum Gasteiger partial charge on any atom is -0.384 e. The summed E-state index contributed by atoms with van der Waals surface area (Å²) in [7, 11) is -3.51. The Labute approximate surface area is 113 Å². The molecule has 0 bridgehead atoms. The average Bonchev–Trinajstić information content (AvgIpc) is 2.27. The largest absolute Gasteiger partial charge is 0.384 e. The molecular formula is C12H19N3O3S. The van der Waals surface area contributed by atoms with Gasteiger partial charge in [0.1, 0.15) is 5.84 Å². The van der Waals surface area contributed by atoms with E-state index in [-0.39, 0.29) is 18.2 Å². The van der Waals surface area contributed by atoms with Crippen LogP contribution in [0.25, 0.3) is 0 Å².